The summed E-state index contributed by atoms with van der Waals surface area (Å²) in [5.41, 5.74) is 1.47. The maximum Gasteiger partial charge on any atom is 0.264 e. The lowest BCUT2D eigenvalue weighted by atomic mass is 10.2. The van der Waals surface area contributed by atoms with Crippen molar-refractivity contribution in [3.8, 4) is 0 Å². The number of amides is 1. The summed E-state index contributed by atoms with van der Waals surface area (Å²) in [6.07, 6.45) is 0. The van der Waals surface area contributed by atoms with E-state index in [-0.39, 0.29) is 16.8 Å². The standard InChI is InChI=1S/C19H20ClN5O3S2/c1-3-25-18(22-23-19(25)29-12-14-6-4-5-7-17(14)20)24-30(27,28)16-10-8-15(9-11-16)21-13(2)26/h4-11H,3,12H2,1-2H3,(H,21,26)(H,22,24). The summed E-state index contributed by atoms with van der Waals surface area (Å²) in [4.78, 5) is 11.2. The van der Waals surface area contributed by atoms with E-state index in [0.717, 1.165) is 5.56 Å². The van der Waals surface area contributed by atoms with Crippen LogP contribution in [0.5, 0.6) is 0 Å². The number of nitrogens with one attached hydrogen (secondary N) is 2. The molecular weight excluding hydrogens is 446 g/mol. The third kappa shape index (κ3) is 5.32. The largest absolute Gasteiger partial charge is 0.326 e. The first-order valence-electron chi connectivity index (χ1n) is 9.00. The summed E-state index contributed by atoms with van der Waals surface area (Å²) in [7, 11) is -3.87. The smallest absolute Gasteiger partial charge is 0.264 e. The molecule has 0 bridgehead atoms. The number of carbonyl (C=O) groups excluding carboxylic acids is 1. The number of thioether (sulfide) groups is 1. The molecule has 30 heavy (non-hydrogen) atoms. The van der Waals surface area contributed by atoms with E-state index in [1.165, 1.54) is 43.0 Å². The molecule has 1 heterocycles. The van der Waals surface area contributed by atoms with E-state index in [1.54, 1.807) is 4.57 Å². The molecule has 0 saturated carbocycles. The van der Waals surface area contributed by atoms with Crippen molar-refractivity contribution in [3.05, 3.63) is 59.1 Å². The molecule has 1 amide bonds. The average molecular weight is 466 g/mol. The SMILES string of the molecule is CCn1c(NS(=O)(=O)c2ccc(NC(C)=O)cc2)nnc1SCc1ccccc1Cl. The highest BCUT2D eigenvalue weighted by atomic mass is 35.5. The molecule has 0 saturated heterocycles. The van der Waals surface area contributed by atoms with Gasteiger partial charge in [-0.2, -0.15) is 0 Å². The number of carbonyl (C=O) groups is 1. The predicted molar refractivity (Wildman–Crippen MR) is 118 cm³/mol. The van der Waals surface area contributed by atoms with E-state index >= 15 is 0 Å². The van der Waals surface area contributed by atoms with Gasteiger partial charge in [-0.05, 0) is 42.8 Å². The van der Waals surface area contributed by atoms with Crippen LogP contribution in [0.1, 0.15) is 19.4 Å². The van der Waals surface area contributed by atoms with E-state index in [0.29, 0.717) is 28.2 Å². The summed E-state index contributed by atoms with van der Waals surface area (Å²) in [5.74, 6) is 0.474. The van der Waals surface area contributed by atoms with Gasteiger partial charge in [0, 0.05) is 29.9 Å². The number of aromatic nitrogens is 3. The molecule has 3 aromatic rings. The third-order valence-corrected chi connectivity index (χ3v) is 6.79. The lowest BCUT2D eigenvalue weighted by molar-refractivity contribution is -0.114. The Morgan fingerprint density at radius 3 is 2.47 bits per heavy atom. The first-order chi connectivity index (χ1) is 14.3. The van der Waals surface area contributed by atoms with Gasteiger partial charge in [-0.1, -0.05) is 41.6 Å². The minimum absolute atomic E-state index is 0.0486. The van der Waals surface area contributed by atoms with Crippen LogP contribution in [0, 0.1) is 0 Å². The maximum absolute atomic E-state index is 12.7. The number of benzene rings is 2. The van der Waals surface area contributed by atoms with Gasteiger partial charge in [0.1, 0.15) is 0 Å². The molecule has 158 valence electrons. The monoisotopic (exact) mass is 465 g/mol. The topological polar surface area (TPSA) is 106 Å². The van der Waals surface area contributed by atoms with Crippen molar-refractivity contribution in [1.29, 1.82) is 0 Å². The van der Waals surface area contributed by atoms with E-state index < -0.39 is 10.0 Å². The summed E-state index contributed by atoms with van der Waals surface area (Å²) in [6, 6.07) is 13.4. The van der Waals surface area contributed by atoms with Gasteiger partial charge >= 0.3 is 0 Å². The maximum atomic E-state index is 12.7. The summed E-state index contributed by atoms with van der Waals surface area (Å²) >= 11 is 7.61. The molecule has 2 N–H and O–H groups in total. The van der Waals surface area contributed by atoms with Gasteiger partial charge in [0.2, 0.25) is 11.9 Å². The molecule has 11 heteroatoms. The lowest BCUT2D eigenvalue weighted by Gasteiger charge is -2.10. The van der Waals surface area contributed by atoms with Crippen LogP contribution in [0.25, 0.3) is 0 Å². The number of hydrogen-bond donors (Lipinski definition) is 2. The van der Waals surface area contributed by atoms with Crippen LogP contribution in [0.15, 0.2) is 58.6 Å². The Bertz CT molecular complexity index is 1150. The Morgan fingerprint density at radius 1 is 1.13 bits per heavy atom. The van der Waals surface area contributed by atoms with Gasteiger partial charge in [-0.25, -0.2) is 13.1 Å². The summed E-state index contributed by atoms with van der Waals surface area (Å²) in [6.45, 7) is 3.74. The normalized spacial score (nSPS) is 11.3. The van der Waals surface area contributed by atoms with E-state index in [4.69, 9.17) is 11.6 Å². The number of sulfonamides is 1. The van der Waals surface area contributed by atoms with Crippen molar-refractivity contribution in [2.24, 2.45) is 0 Å². The van der Waals surface area contributed by atoms with Gasteiger partial charge in [-0.3, -0.25) is 9.36 Å². The van der Waals surface area contributed by atoms with E-state index in [2.05, 4.69) is 20.2 Å². The molecule has 0 fully saturated rings. The Morgan fingerprint density at radius 2 is 1.83 bits per heavy atom. The number of nitrogens with zero attached hydrogens (tertiary/aromatic N) is 3. The van der Waals surface area contributed by atoms with Crippen molar-refractivity contribution in [3.63, 3.8) is 0 Å². The van der Waals surface area contributed by atoms with Crippen LogP contribution in [-0.4, -0.2) is 29.1 Å². The highest BCUT2D eigenvalue weighted by molar-refractivity contribution is 7.98. The molecule has 0 aliphatic heterocycles. The highest BCUT2D eigenvalue weighted by Crippen LogP contribution is 2.27. The van der Waals surface area contributed by atoms with Crippen molar-refractivity contribution in [1.82, 2.24) is 14.8 Å². The number of halogens is 1. The second-order valence-corrected chi connectivity index (χ2v) is 9.27. The molecule has 3 rings (SSSR count). The molecule has 2 aromatic carbocycles. The van der Waals surface area contributed by atoms with Crippen molar-refractivity contribution < 1.29 is 13.2 Å². The zero-order valence-corrected chi connectivity index (χ0v) is 18.7. The highest BCUT2D eigenvalue weighted by Gasteiger charge is 2.20. The molecule has 0 aliphatic carbocycles. The van der Waals surface area contributed by atoms with Crippen LogP contribution in [-0.2, 0) is 27.1 Å². The zero-order chi connectivity index (χ0) is 21.7. The summed E-state index contributed by atoms with van der Waals surface area (Å²) < 4.78 is 29.6. The van der Waals surface area contributed by atoms with Crippen LogP contribution >= 0.6 is 23.4 Å². The quantitative estimate of drug-likeness (QED) is 0.487. The Labute approximate surface area is 184 Å². The molecule has 0 atom stereocenters. The minimum Gasteiger partial charge on any atom is -0.326 e. The van der Waals surface area contributed by atoms with Gasteiger partial charge < -0.3 is 5.32 Å². The average Bonchev–Trinajstić information content (AvgIpc) is 3.08. The first-order valence-corrected chi connectivity index (χ1v) is 11.8. The van der Waals surface area contributed by atoms with Crippen LogP contribution in [0.3, 0.4) is 0 Å². The second kappa shape index (κ2) is 9.50. The number of rotatable bonds is 8. The fourth-order valence-electron chi connectivity index (χ4n) is 2.61. The second-order valence-electron chi connectivity index (χ2n) is 6.24. The molecule has 0 radical (unpaired) electrons. The first kappa shape index (κ1) is 22.1. The minimum atomic E-state index is -3.87. The van der Waals surface area contributed by atoms with Gasteiger partial charge in [-0.15, -0.1) is 10.2 Å². The Kier molecular flexibility index (Phi) is 7.01. The molecule has 1 aromatic heterocycles. The van der Waals surface area contributed by atoms with Gasteiger partial charge in [0.05, 0.1) is 4.90 Å². The van der Waals surface area contributed by atoms with Gasteiger partial charge in [0.15, 0.2) is 5.16 Å². The molecule has 8 nitrogen and oxygen atoms in total. The molecule has 0 aliphatic rings. The Balaban J connectivity index is 1.76. The molecule has 0 unspecified atom stereocenters. The molecular formula is C19H20ClN5O3S2. The van der Waals surface area contributed by atoms with Crippen LogP contribution in [0.2, 0.25) is 5.02 Å². The molecule has 0 spiro atoms. The van der Waals surface area contributed by atoms with Gasteiger partial charge in [0.25, 0.3) is 10.0 Å². The van der Waals surface area contributed by atoms with E-state index in [1.807, 2.05) is 31.2 Å². The fraction of sp³-hybridized carbons (Fsp3) is 0.211. The van der Waals surface area contributed by atoms with Crippen molar-refractivity contribution >= 4 is 50.9 Å². The summed E-state index contributed by atoms with van der Waals surface area (Å²) in [5, 5.41) is 12.0. The van der Waals surface area contributed by atoms with Crippen LogP contribution < -0.4 is 10.0 Å². The third-order valence-electron chi connectivity index (χ3n) is 4.06. The zero-order valence-electron chi connectivity index (χ0n) is 16.3. The fourth-order valence-corrected chi connectivity index (χ4v) is 4.91. The van der Waals surface area contributed by atoms with Crippen LogP contribution in [0.4, 0.5) is 11.6 Å². The van der Waals surface area contributed by atoms with Crippen molar-refractivity contribution in [2.45, 2.75) is 36.2 Å². The number of anilines is 2. The number of hydrogen-bond acceptors (Lipinski definition) is 6. The predicted octanol–water partition coefficient (Wildman–Crippen LogP) is 4.00. The van der Waals surface area contributed by atoms with Crippen molar-refractivity contribution in [2.75, 3.05) is 10.0 Å². The Hall–Kier alpha value is -2.56. The lowest BCUT2D eigenvalue weighted by Crippen LogP contribution is -2.17. The van der Waals surface area contributed by atoms with E-state index in [9.17, 15) is 13.2 Å².